The van der Waals surface area contributed by atoms with Crippen LogP contribution < -0.4 is 0 Å². The number of rotatable bonds is 2. The van der Waals surface area contributed by atoms with Crippen LogP contribution in [0.5, 0.6) is 0 Å². The van der Waals surface area contributed by atoms with Crippen LogP contribution in [-0.4, -0.2) is 14.5 Å². The third-order valence-electron chi connectivity index (χ3n) is 9.31. The monoisotopic (exact) mass is 579 g/mol. The van der Waals surface area contributed by atoms with E-state index in [4.69, 9.17) is 9.97 Å². The van der Waals surface area contributed by atoms with Crippen molar-refractivity contribution in [2.24, 2.45) is 0 Å². The second kappa shape index (κ2) is 9.09. The number of aryl methyl sites for hydroxylation is 1. The molecule has 3 nitrogen and oxygen atoms in total. The number of benzene rings is 6. The van der Waals surface area contributed by atoms with E-state index in [0.29, 0.717) is 0 Å². The average Bonchev–Trinajstić information content (AvgIpc) is 3.65. The Morgan fingerprint density at radius 3 is 2.07 bits per heavy atom. The minimum absolute atomic E-state index is 0.722. The number of thiophene rings is 1. The van der Waals surface area contributed by atoms with Crippen molar-refractivity contribution in [3.05, 3.63) is 139 Å². The zero-order chi connectivity index (χ0) is 28.8. The number of para-hydroxylation sites is 1. The van der Waals surface area contributed by atoms with Gasteiger partial charge in [0.25, 0.3) is 0 Å². The van der Waals surface area contributed by atoms with Gasteiger partial charge in [-0.25, -0.2) is 9.97 Å². The number of aromatic nitrogens is 3. The molecule has 206 valence electrons. The molecule has 0 amide bonds. The fourth-order valence-corrected chi connectivity index (χ4v) is 8.69. The summed E-state index contributed by atoms with van der Waals surface area (Å²) in [6.07, 6.45) is 1.92. The molecule has 0 saturated heterocycles. The van der Waals surface area contributed by atoms with E-state index in [1.54, 1.807) is 0 Å². The molecule has 0 unspecified atom stereocenters. The summed E-state index contributed by atoms with van der Waals surface area (Å²) < 4.78 is 4.92. The Kier molecular flexibility index (Phi) is 4.99. The van der Waals surface area contributed by atoms with E-state index >= 15 is 0 Å². The van der Waals surface area contributed by atoms with Crippen LogP contribution in [0.25, 0.3) is 81.2 Å². The van der Waals surface area contributed by atoms with Gasteiger partial charge in [0.15, 0.2) is 0 Å². The molecule has 0 aliphatic heterocycles. The van der Waals surface area contributed by atoms with Crippen molar-refractivity contribution in [3.8, 4) is 28.5 Å². The van der Waals surface area contributed by atoms with Crippen molar-refractivity contribution in [1.82, 2.24) is 14.5 Å². The summed E-state index contributed by atoms with van der Waals surface area (Å²) in [5.74, 6) is 0.722. The molecule has 9 aromatic rings. The van der Waals surface area contributed by atoms with E-state index in [9.17, 15) is 0 Å². The maximum Gasteiger partial charge on any atom is 0.235 e. The van der Waals surface area contributed by atoms with E-state index in [-0.39, 0.29) is 0 Å². The quantitative estimate of drug-likeness (QED) is 0.204. The highest BCUT2D eigenvalue weighted by atomic mass is 32.1. The van der Waals surface area contributed by atoms with Crippen LogP contribution in [0.15, 0.2) is 127 Å². The predicted molar refractivity (Wildman–Crippen MR) is 185 cm³/mol. The second-order valence-electron chi connectivity index (χ2n) is 11.6. The Labute approximate surface area is 257 Å². The van der Waals surface area contributed by atoms with Gasteiger partial charge in [0.1, 0.15) is 0 Å². The molecular weight excluding hydrogens is 555 g/mol. The second-order valence-corrected chi connectivity index (χ2v) is 12.7. The predicted octanol–water partition coefficient (Wildman–Crippen LogP) is 10.5. The average molecular weight is 580 g/mol. The Balaban J connectivity index is 1.43. The molecule has 1 aliphatic carbocycles. The third kappa shape index (κ3) is 3.26. The minimum Gasteiger partial charge on any atom is -0.276 e. The third-order valence-corrected chi connectivity index (χ3v) is 10.5. The van der Waals surface area contributed by atoms with Crippen molar-refractivity contribution in [3.63, 3.8) is 0 Å². The van der Waals surface area contributed by atoms with Crippen LogP contribution in [-0.2, 0) is 12.8 Å². The van der Waals surface area contributed by atoms with Crippen LogP contribution in [0.3, 0.4) is 0 Å². The minimum atomic E-state index is 0.722. The Hall–Kier alpha value is -5.32. The van der Waals surface area contributed by atoms with E-state index in [1.165, 1.54) is 63.9 Å². The molecule has 0 radical (unpaired) electrons. The molecule has 0 spiro atoms. The zero-order valence-electron chi connectivity index (χ0n) is 23.8. The summed E-state index contributed by atoms with van der Waals surface area (Å²) in [7, 11) is 0. The van der Waals surface area contributed by atoms with Gasteiger partial charge in [-0.1, -0.05) is 115 Å². The number of hydrogen-bond donors (Lipinski definition) is 0. The van der Waals surface area contributed by atoms with Crippen LogP contribution in [0.2, 0.25) is 0 Å². The fourth-order valence-electron chi connectivity index (χ4n) is 7.43. The van der Waals surface area contributed by atoms with Crippen LogP contribution in [0, 0.1) is 0 Å². The Bertz CT molecular complexity index is 2590. The molecule has 0 bridgehead atoms. The van der Waals surface area contributed by atoms with Gasteiger partial charge in [-0.2, -0.15) is 0 Å². The molecule has 0 N–H and O–H groups in total. The highest BCUT2D eigenvalue weighted by Gasteiger charge is 2.27. The molecule has 3 heterocycles. The standard InChI is InChI=1S/C40H25N3S/c1-2-13-25(14-3-1)36-31-23-22-24-12-4-5-15-26(24)37(31)42-40(41-36)43-32-20-10-8-18-29(32)34-27-16-6-7-17-28(27)35-30-19-9-11-21-33(30)44-39(35)38(34)43/h1-21H,22-23H2. The molecule has 44 heavy (non-hydrogen) atoms. The van der Waals surface area contributed by atoms with Gasteiger partial charge in [-0.3, -0.25) is 4.57 Å². The Morgan fingerprint density at radius 2 is 1.20 bits per heavy atom. The summed E-state index contributed by atoms with van der Waals surface area (Å²) in [6.45, 7) is 0. The lowest BCUT2D eigenvalue weighted by atomic mass is 9.87. The maximum absolute atomic E-state index is 5.48. The highest BCUT2D eigenvalue weighted by molar-refractivity contribution is 7.27. The molecule has 3 aromatic heterocycles. The molecule has 0 saturated carbocycles. The zero-order valence-corrected chi connectivity index (χ0v) is 24.6. The lowest BCUT2D eigenvalue weighted by Gasteiger charge is -2.22. The molecule has 6 aromatic carbocycles. The number of nitrogens with zero attached hydrogens (tertiary/aromatic N) is 3. The first-order valence-corrected chi connectivity index (χ1v) is 16.0. The summed E-state index contributed by atoms with van der Waals surface area (Å²) in [5.41, 5.74) is 9.32. The Morgan fingerprint density at radius 1 is 0.545 bits per heavy atom. The van der Waals surface area contributed by atoms with Crippen LogP contribution >= 0.6 is 11.3 Å². The maximum atomic E-state index is 5.48. The summed E-state index contributed by atoms with van der Waals surface area (Å²) in [6, 6.07) is 45.8. The van der Waals surface area contributed by atoms with Crippen LogP contribution in [0.4, 0.5) is 0 Å². The van der Waals surface area contributed by atoms with E-state index in [1.807, 2.05) is 11.3 Å². The van der Waals surface area contributed by atoms with Crippen LogP contribution in [0.1, 0.15) is 11.1 Å². The summed E-state index contributed by atoms with van der Waals surface area (Å²) >= 11 is 1.87. The van der Waals surface area contributed by atoms with E-state index in [0.717, 1.165) is 41.3 Å². The molecule has 10 rings (SSSR count). The topological polar surface area (TPSA) is 30.7 Å². The van der Waals surface area contributed by atoms with Crippen molar-refractivity contribution >= 4 is 64.1 Å². The van der Waals surface area contributed by atoms with Gasteiger partial charge in [0.05, 0.1) is 27.1 Å². The molecule has 0 fully saturated rings. The highest BCUT2D eigenvalue weighted by Crippen LogP contribution is 2.48. The normalized spacial score (nSPS) is 12.8. The smallest absolute Gasteiger partial charge is 0.235 e. The van der Waals surface area contributed by atoms with Gasteiger partial charge in [0.2, 0.25) is 5.95 Å². The van der Waals surface area contributed by atoms with Crippen molar-refractivity contribution in [2.45, 2.75) is 12.8 Å². The van der Waals surface area contributed by atoms with Gasteiger partial charge in [-0.05, 0) is 41.3 Å². The van der Waals surface area contributed by atoms with Gasteiger partial charge in [0, 0.05) is 42.9 Å². The van der Waals surface area contributed by atoms with E-state index < -0.39 is 0 Å². The molecular formula is C40H25N3S. The van der Waals surface area contributed by atoms with Gasteiger partial charge in [-0.15, -0.1) is 11.3 Å². The fraction of sp³-hybridized carbons (Fsp3) is 0.0500. The van der Waals surface area contributed by atoms with Gasteiger partial charge < -0.3 is 0 Å². The lowest BCUT2D eigenvalue weighted by Crippen LogP contribution is -2.12. The number of hydrogen-bond acceptors (Lipinski definition) is 3. The van der Waals surface area contributed by atoms with Crippen molar-refractivity contribution in [1.29, 1.82) is 0 Å². The van der Waals surface area contributed by atoms with Crippen molar-refractivity contribution in [2.75, 3.05) is 0 Å². The first-order chi connectivity index (χ1) is 21.8. The largest absolute Gasteiger partial charge is 0.276 e. The summed E-state index contributed by atoms with van der Waals surface area (Å²) in [5, 5.41) is 7.65. The first-order valence-electron chi connectivity index (χ1n) is 15.2. The SMILES string of the molecule is c1ccc(-c2nc(-n3c4ccccc4c4c5ccccc5c5c6ccccc6sc5c43)nc3c2CCc2ccccc2-3)cc1. The molecule has 0 atom stereocenters. The lowest BCUT2D eigenvalue weighted by molar-refractivity contribution is 0.894. The summed E-state index contributed by atoms with van der Waals surface area (Å²) in [4.78, 5) is 11.0. The molecule has 4 heteroatoms. The van der Waals surface area contributed by atoms with E-state index in [2.05, 4.69) is 132 Å². The number of fused-ring (bicyclic) bond motifs is 13. The molecule has 1 aliphatic rings. The van der Waals surface area contributed by atoms with Crippen molar-refractivity contribution < 1.29 is 0 Å². The first kappa shape index (κ1) is 24.2. The van der Waals surface area contributed by atoms with Gasteiger partial charge >= 0.3 is 0 Å².